The molecule has 2 aromatic carbocycles. The molecule has 0 saturated carbocycles. The van der Waals surface area contributed by atoms with Gasteiger partial charge in [0.05, 0.1) is 11.1 Å². The van der Waals surface area contributed by atoms with E-state index in [2.05, 4.69) is 26.6 Å². The zero-order valence-corrected chi connectivity index (χ0v) is 15.1. The molecule has 0 unspecified atom stereocenters. The second-order valence-corrected chi connectivity index (χ2v) is 6.42. The average Bonchev–Trinajstić information content (AvgIpc) is 2.50. The van der Waals surface area contributed by atoms with E-state index in [-0.39, 0.29) is 6.04 Å². The maximum absolute atomic E-state index is 6.05. The van der Waals surface area contributed by atoms with E-state index in [1.807, 2.05) is 55.5 Å². The van der Waals surface area contributed by atoms with Gasteiger partial charge in [0.2, 0.25) is 0 Å². The molecule has 0 saturated heterocycles. The molecule has 0 aliphatic rings. The van der Waals surface area contributed by atoms with E-state index in [0.29, 0.717) is 16.7 Å². The lowest BCUT2D eigenvalue weighted by Crippen LogP contribution is -2.39. The molecule has 0 spiro atoms. The monoisotopic (exact) mass is 398 g/mol. The normalized spacial score (nSPS) is 11.6. The van der Waals surface area contributed by atoms with E-state index in [0.717, 1.165) is 15.9 Å². The van der Waals surface area contributed by atoms with Crippen LogP contribution in [0.2, 0.25) is 5.02 Å². The van der Waals surface area contributed by atoms with Gasteiger partial charge in [-0.3, -0.25) is 0 Å². The number of hydrogen-bond acceptors (Lipinski definition) is 2. The van der Waals surface area contributed by atoms with Gasteiger partial charge in [0, 0.05) is 10.2 Å². The lowest BCUT2D eigenvalue weighted by molar-refractivity contribution is 0.287. The first-order chi connectivity index (χ1) is 10.5. The molecule has 0 aromatic heterocycles. The Morgan fingerprint density at radius 2 is 2.00 bits per heavy atom. The third kappa shape index (κ3) is 5.48. The standard InChI is InChI=1S/C16H16BrClN2OS/c1-11(10-21-13-5-3-2-4-6-13)19-16(22)20-12-7-8-14(17)15(18)9-12/h2-9,11H,10H2,1H3,(H2,19,20,22)/t11-/m0/s1. The molecule has 0 radical (unpaired) electrons. The predicted molar refractivity (Wildman–Crippen MR) is 99.9 cm³/mol. The quantitative estimate of drug-likeness (QED) is 0.704. The number of halogens is 2. The fraction of sp³-hybridized carbons (Fsp3) is 0.188. The molecule has 0 aliphatic heterocycles. The van der Waals surface area contributed by atoms with Crippen LogP contribution in [0, 0.1) is 0 Å². The minimum absolute atomic E-state index is 0.0751. The number of rotatable bonds is 5. The van der Waals surface area contributed by atoms with Crippen LogP contribution < -0.4 is 15.4 Å². The highest BCUT2D eigenvalue weighted by molar-refractivity contribution is 9.10. The number of ether oxygens (including phenoxy) is 1. The zero-order valence-electron chi connectivity index (χ0n) is 12.0. The molecule has 2 aromatic rings. The number of anilines is 1. The molecule has 0 aliphatic carbocycles. The molecule has 22 heavy (non-hydrogen) atoms. The first kappa shape index (κ1) is 17.1. The number of nitrogens with one attached hydrogen (secondary N) is 2. The highest BCUT2D eigenvalue weighted by Gasteiger charge is 2.06. The van der Waals surface area contributed by atoms with E-state index in [1.165, 1.54) is 0 Å². The SMILES string of the molecule is C[C@@H](COc1ccccc1)NC(=S)Nc1ccc(Br)c(Cl)c1. The van der Waals surface area contributed by atoms with Gasteiger partial charge in [0.1, 0.15) is 12.4 Å². The van der Waals surface area contributed by atoms with Crippen LogP contribution in [0.15, 0.2) is 53.0 Å². The smallest absolute Gasteiger partial charge is 0.171 e. The van der Waals surface area contributed by atoms with Crippen molar-refractivity contribution in [1.82, 2.24) is 5.32 Å². The predicted octanol–water partition coefficient (Wildman–Crippen LogP) is 4.86. The van der Waals surface area contributed by atoms with Crippen molar-refractivity contribution in [3.05, 3.63) is 58.0 Å². The van der Waals surface area contributed by atoms with E-state index in [9.17, 15) is 0 Å². The third-order valence-electron chi connectivity index (χ3n) is 2.80. The molecule has 3 nitrogen and oxygen atoms in total. The maximum atomic E-state index is 6.05. The Bertz CT molecular complexity index is 639. The van der Waals surface area contributed by atoms with E-state index in [4.69, 9.17) is 28.6 Å². The number of hydrogen-bond donors (Lipinski definition) is 2. The van der Waals surface area contributed by atoms with Crippen LogP contribution in [0.3, 0.4) is 0 Å². The first-order valence-electron chi connectivity index (χ1n) is 6.75. The molecular formula is C16H16BrClN2OS. The Balaban J connectivity index is 1.79. The average molecular weight is 400 g/mol. The van der Waals surface area contributed by atoms with Crippen molar-refractivity contribution in [2.24, 2.45) is 0 Å². The molecular weight excluding hydrogens is 384 g/mol. The van der Waals surface area contributed by atoms with Crippen LogP contribution in [0.25, 0.3) is 0 Å². The van der Waals surface area contributed by atoms with Crippen molar-refractivity contribution in [3.63, 3.8) is 0 Å². The van der Waals surface area contributed by atoms with Crippen LogP contribution in [-0.4, -0.2) is 17.8 Å². The van der Waals surface area contributed by atoms with Crippen molar-refractivity contribution in [1.29, 1.82) is 0 Å². The van der Waals surface area contributed by atoms with Crippen LogP contribution in [0.1, 0.15) is 6.92 Å². The van der Waals surface area contributed by atoms with Crippen LogP contribution >= 0.6 is 39.7 Å². The highest BCUT2D eigenvalue weighted by atomic mass is 79.9. The Morgan fingerprint density at radius 1 is 1.27 bits per heavy atom. The molecule has 0 bridgehead atoms. The highest BCUT2D eigenvalue weighted by Crippen LogP contribution is 2.25. The molecule has 6 heteroatoms. The summed E-state index contributed by atoms with van der Waals surface area (Å²) in [6.45, 7) is 2.53. The molecule has 2 N–H and O–H groups in total. The third-order valence-corrected chi connectivity index (χ3v) is 4.25. The topological polar surface area (TPSA) is 33.3 Å². The number of benzene rings is 2. The minimum atomic E-state index is 0.0751. The fourth-order valence-corrected chi connectivity index (χ4v) is 2.49. The lowest BCUT2D eigenvalue weighted by Gasteiger charge is -2.18. The Labute approximate surface area is 149 Å². The van der Waals surface area contributed by atoms with Gasteiger partial charge in [0.25, 0.3) is 0 Å². The van der Waals surface area contributed by atoms with Crippen LogP contribution in [0.5, 0.6) is 5.75 Å². The number of para-hydroxylation sites is 1. The zero-order chi connectivity index (χ0) is 15.9. The molecule has 2 rings (SSSR count). The van der Waals surface area contributed by atoms with Gasteiger partial charge in [-0.05, 0) is 65.4 Å². The molecule has 116 valence electrons. The second kappa shape index (κ2) is 8.36. The van der Waals surface area contributed by atoms with Crippen molar-refractivity contribution < 1.29 is 4.74 Å². The van der Waals surface area contributed by atoms with Crippen LogP contribution in [0.4, 0.5) is 5.69 Å². The second-order valence-electron chi connectivity index (χ2n) is 4.75. The summed E-state index contributed by atoms with van der Waals surface area (Å²) < 4.78 is 6.53. The lowest BCUT2D eigenvalue weighted by atomic mass is 10.3. The summed E-state index contributed by atoms with van der Waals surface area (Å²) in [5.41, 5.74) is 0.835. The van der Waals surface area contributed by atoms with Gasteiger partial charge >= 0.3 is 0 Å². The summed E-state index contributed by atoms with van der Waals surface area (Å²) in [5, 5.41) is 7.43. The van der Waals surface area contributed by atoms with Gasteiger partial charge in [-0.1, -0.05) is 29.8 Å². The largest absolute Gasteiger partial charge is 0.491 e. The van der Waals surface area contributed by atoms with Crippen LogP contribution in [-0.2, 0) is 0 Å². The van der Waals surface area contributed by atoms with Crippen molar-refractivity contribution >= 4 is 50.5 Å². The fourth-order valence-electron chi connectivity index (χ4n) is 1.74. The van der Waals surface area contributed by atoms with Gasteiger partial charge in [-0.15, -0.1) is 0 Å². The number of thiocarbonyl (C=S) groups is 1. The summed E-state index contributed by atoms with van der Waals surface area (Å²) in [6.07, 6.45) is 0. The van der Waals surface area contributed by atoms with Crippen molar-refractivity contribution in [3.8, 4) is 5.75 Å². The molecule has 0 fully saturated rings. The van der Waals surface area contributed by atoms with Gasteiger partial charge in [-0.2, -0.15) is 0 Å². The van der Waals surface area contributed by atoms with Gasteiger partial charge in [0.15, 0.2) is 5.11 Å². The summed E-state index contributed by atoms with van der Waals surface area (Å²) in [4.78, 5) is 0. The maximum Gasteiger partial charge on any atom is 0.171 e. The minimum Gasteiger partial charge on any atom is -0.491 e. The Hall–Kier alpha value is -1.30. The van der Waals surface area contributed by atoms with Gasteiger partial charge in [-0.25, -0.2) is 0 Å². The summed E-state index contributed by atoms with van der Waals surface area (Å²) in [7, 11) is 0. The van der Waals surface area contributed by atoms with E-state index >= 15 is 0 Å². The molecule has 1 atom stereocenters. The van der Waals surface area contributed by atoms with Crippen molar-refractivity contribution in [2.45, 2.75) is 13.0 Å². The van der Waals surface area contributed by atoms with E-state index in [1.54, 1.807) is 0 Å². The summed E-state index contributed by atoms with van der Waals surface area (Å²) >= 11 is 14.7. The first-order valence-corrected chi connectivity index (χ1v) is 8.33. The summed E-state index contributed by atoms with van der Waals surface area (Å²) in [5.74, 6) is 0.842. The Morgan fingerprint density at radius 3 is 2.68 bits per heavy atom. The molecule has 0 heterocycles. The van der Waals surface area contributed by atoms with E-state index < -0.39 is 0 Å². The van der Waals surface area contributed by atoms with Crippen molar-refractivity contribution in [2.75, 3.05) is 11.9 Å². The van der Waals surface area contributed by atoms with Gasteiger partial charge < -0.3 is 15.4 Å². The molecule has 0 amide bonds. The summed E-state index contributed by atoms with van der Waals surface area (Å²) in [6, 6.07) is 15.3. The Kier molecular flexibility index (Phi) is 6.49.